The second-order valence-electron chi connectivity index (χ2n) is 6.18. The maximum atomic E-state index is 12.1. The van der Waals surface area contributed by atoms with Gasteiger partial charge in [-0.05, 0) is 46.7 Å². The van der Waals surface area contributed by atoms with Crippen molar-refractivity contribution >= 4 is 18.5 Å². The SMILES string of the molecule is CC(C)(C)OC(=O)N1CCOC2(CCNCC2)C1.Cl. The number of hydrogen-bond donors (Lipinski definition) is 1. The second kappa shape index (κ2) is 6.29. The van der Waals surface area contributed by atoms with Gasteiger partial charge in [0.1, 0.15) is 5.60 Å². The summed E-state index contributed by atoms with van der Waals surface area (Å²) in [5.74, 6) is 0. The van der Waals surface area contributed by atoms with E-state index in [4.69, 9.17) is 9.47 Å². The Morgan fingerprint density at radius 1 is 1.32 bits per heavy atom. The number of nitrogens with one attached hydrogen (secondary N) is 1. The van der Waals surface area contributed by atoms with E-state index in [0.717, 1.165) is 25.9 Å². The summed E-state index contributed by atoms with van der Waals surface area (Å²) in [5.41, 5.74) is -0.586. The van der Waals surface area contributed by atoms with Crippen LogP contribution < -0.4 is 5.32 Å². The number of halogens is 1. The zero-order valence-electron chi connectivity index (χ0n) is 12.0. The number of nitrogens with zero attached hydrogens (tertiary/aromatic N) is 1. The molecule has 2 saturated heterocycles. The normalized spacial score (nSPS) is 22.8. The van der Waals surface area contributed by atoms with Crippen molar-refractivity contribution in [3.8, 4) is 0 Å². The van der Waals surface area contributed by atoms with E-state index in [-0.39, 0.29) is 24.1 Å². The average molecular weight is 293 g/mol. The minimum Gasteiger partial charge on any atom is -0.444 e. The molecule has 0 aromatic heterocycles. The first-order chi connectivity index (χ1) is 8.40. The monoisotopic (exact) mass is 292 g/mol. The van der Waals surface area contributed by atoms with E-state index in [2.05, 4.69) is 5.32 Å². The van der Waals surface area contributed by atoms with E-state index in [1.807, 2.05) is 20.8 Å². The number of amides is 1. The van der Waals surface area contributed by atoms with Crippen LogP contribution in [0.5, 0.6) is 0 Å². The number of carbonyl (C=O) groups excluding carboxylic acids is 1. The Balaban J connectivity index is 0.00000180. The molecule has 19 heavy (non-hydrogen) atoms. The summed E-state index contributed by atoms with van der Waals surface area (Å²) in [6.07, 6.45) is 1.71. The largest absolute Gasteiger partial charge is 0.444 e. The highest BCUT2D eigenvalue weighted by molar-refractivity contribution is 5.85. The fourth-order valence-corrected chi connectivity index (χ4v) is 2.51. The first kappa shape index (κ1) is 16.5. The Kier molecular flexibility index (Phi) is 5.47. The summed E-state index contributed by atoms with van der Waals surface area (Å²) < 4.78 is 11.4. The number of piperidine rings is 1. The van der Waals surface area contributed by atoms with Gasteiger partial charge in [-0.15, -0.1) is 12.4 Å². The third-order valence-corrected chi connectivity index (χ3v) is 3.41. The summed E-state index contributed by atoms with van der Waals surface area (Å²) in [5, 5.41) is 3.32. The number of ether oxygens (including phenoxy) is 2. The maximum absolute atomic E-state index is 12.1. The maximum Gasteiger partial charge on any atom is 0.410 e. The van der Waals surface area contributed by atoms with Crippen LogP contribution in [0.25, 0.3) is 0 Å². The van der Waals surface area contributed by atoms with Crippen molar-refractivity contribution in [1.82, 2.24) is 10.2 Å². The molecule has 0 unspecified atom stereocenters. The van der Waals surface area contributed by atoms with Gasteiger partial charge in [0.15, 0.2) is 0 Å². The van der Waals surface area contributed by atoms with Gasteiger partial charge in [0.05, 0.1) is 18.8 Å². The molecule has 2 heterocycles. The molecule has 112 valence electrons. The fourth-order valence-electron chi connectivity index (χ4n) is 2.51. The van der Waals surface area contributed by atoms with Gasteiger partial charge < -0.3 is 19.7 Å². The van der Waals surface area contributed by atoms with Crippen LogP contribution in [0.15, 0.2) is 0 Å². The summed E-state index contributed by atoms with van der Waals surface area (Å²) in [4.78, 5) is 13.9. The van der Waals surface area contributed by atoms with Crippen LogP contribution in [-0.2, 0) is 9.47 Å². The molecular formula is C13H25ClN2O3. The highest BCUT2D eigenvalue weighted by Gasteiger charge is 2.40. The molecule has 2 fully saturated rings. The minimum atomic E-state index is -0.434. The fraction of sp³-hybridized carbons (Fsp3) is 0.923. The van der Waals surface area contributed by atoms with E-state index in [0.29, 0.717) is 19.7 Å². The molecule has 5 nitrogen and oxygen atoms in total. The third-order valence-electron chi connectivity index (χ3n) is 3.41. The molecule has 0 aromatic rings. The average Bonchev–Trinajstić information content (AvgIpc) is 2.28. The topological polar surface area (TPSA) is 50.8 Å². The van der Waals surface area contributed by atoms with Crippen LogP contribution in [0, 0.1) is 0 Å². The van der Waals surface area contributed by atoms with Crippen molar-refractivity contribution in [3.63, 3.8) is 0 Å². The molecule has 1 spiro atoms. The van der Waals surface area contributed by atoms with Crippen LogP contribution >= 0.6 is 12.4 Å². The van der Waals surface area contributed by atoms with E-state index in [9.17, 15) is 4.79 Å². The van der Waals surface area contributed by atoms with Crippen LogP contribution in [-0.4, -0.2) is 55.0 Å². The molecule has 0 aliphatic carbocycles. The van der Waals surface area contributed by atoms with Gasteiger partial charge in [0.25, 0.3) is 0 Å². The number of rotatable bonds is 0. The molecule has 0 radical (unpaired) electrons. The van der Waals surface area contributed by atoms with Crippen molar-refractivity contribution in [2.75, 3.05) is 32.8 Å². The van der Waals surface area contributed by atoms with Gasteiger partial charge in [0.2, 0.25) is 0 Å². The van der Waals surface area contributed by atoms with Crippen molar-refractivity contribution in [1.29, 1.82) is 0 Å². The quantitative estimate of drug-likeness (QED) is 0.740. The predicted molar refractivity (Wildman–Crippen MR) is 75.8 cm³/mol. The van der Waals surface area contributed by atoms with E-state index in [1.165, 1.54) is 0 Å². The molecule has 0 bridgehead atoms. The number of carbonyl (C=O) groups is 1. The molecular weight excluding hydrogens is 268 g/mol. The highest BCUT2D eigenvalue weighted by atomic mass is 35.5. The predicted octanol–water partition coefficient (Wildman–Crippen LogP) is 1.80. The lowest BCUT2D eigenvalue weighted by Gasteiger charge is -2.45. The first-order valence-corrected chi connectivity index (χ1v) is 6.73. The first-order valence-electron chi connectivity index (χ1n) is 6.73. The lowest BCUT2D eigenvalue weighted by Crippen LogP contribution is -2.58. The van der Waals surface area contributed by atoms with Gasteiger partial charge in [0, 0.05) is 6.54 Å². The molecule has 6 heteroatoms. The van der Waals surface area contributed by atoms with Gasteiger partial charge >= 0.3 is 6.09 Å². The Morgan fingerprint density at radius 3 is 2.53 bits per heavy atom. The summed E-state index contributed by atoms with van der Waals surface area (Å²) >= 11 is 0. The Labute approximate surface area is 121 Å². The molecule has 1 N–H and O–H groups in total. The zero-order chi connectivity index (χ0) is 13.2. The van der Waals surface area contributed by atoms with Crippen LogP contribution in [0.3, 0.4) is 0 Å². The van der Waals surface area contributed by atoms with Gasteiger partial charge in [-0.3, -0.25) is 0 Å². The zero-order valence-corrected chi connectivity index (χ0v) is 12.8. The van der Waals surface area contributed by atoms with E-state index < -0.39 is 5.60 Å². The van der Waals surface area contributed by atoms with Crippen LogP contribution in [0.2, 0.25) is 0 Å². The smallest absolute Gasteiger partial charge is 0.410 e. The summed E-state index contributed by atoms with van der Waals surface area (Å²) in [6.45, 7) is 9.50. The lowest BCUT2D eigenvalue weighted by molar-refractivity contribution is -0.121. The molecule has 1 amide bonds. The molecule has 0 saturated carbocycles. The number of morpholine rings is 1. The molecule has 0 aromatic carbocycles. The van der Waals surface area contributed by atoms with Gasteiger partial charge in [-0.1, -0.05) is 0 Å². The summed E-state index contributed by atoms with van der Waals surface area (Å²) in [7, 11) is 0. The van der Waals surface area contributed by atoms with Crippen LogP contribution in [0.4, 0.5) is 4.79 Å². The minimum absolute atomic E-state index is 0. The van der Waals surface area contributed by atoms with Crippen molar-refractivity contribution < 1.29 is 14.3 Å². The highest BCUT2D eigenvalue weighted by Crippen LogP contribution is 2.28. The Bertz CT molecular complexity index is 306. The van der Waals surface area contributed by atoms with Crippen molar-refractivity contribution in [3.05, 3.63) is 0 Å². The lowest BCUT2D eigenvalue weighted by atomic mass is 9.90. The Morgan fingerprint density at radius 2 is 1.95 bits per heavy atom. The number of hydrogen-bond acceptors (Lipinski definition) is 4. The van der Waals surface area contributed by atoms with Gasteiger partial charge in [-0.2, -0.15) is 0 Å². The third kappa shape index (κ3) is 4.51. The second-order valence-corrected chi connectivity index (χ2v) is 6.18. The molecule has 0 atom stereocenters. The Hall–Kier alpha value is -0.520. The van der Waals surface area contributed by atoms with E-state index in [1.54, 1.807) is 4.90 Å². The molecule has 2 aliphatic rings. The van der Waals surface area contributed by atoms with Crippen LogP contribution in [0.1, 0.15) is 33.6 Å². The standard InChI is InChI=1S/C13H24N2O3.ClH/c1-12(2,3)18-11(16)15-8-9-17-13(10-15)4-6-14-7-5-13;/h14H,4-10H2,1-3H3;1H. The van der Waals surface area contributed by atoms with E-state index >= 15 is 0 Å². The van der Waals surface area contributed by atoms with Crippen molar-refractivity contribution in [2.24, 2.45) is 0 Å². The molecule has 2 aliphatic heterocycles. The molecule has 2 rings (SSSR count). The van der Waals surface area contributed by atoms with Crippen molar-refractivity contribution in [2.45, 2.75) is 44.8 Å². The summed E-state index contributed by atoms with van der Waals surface area (Å²) in [6, 6.07) is 0. The van der Waals surface area contributed by atoms with Gasteiger partial charge in [-0.25, -0.2) is 4.79 Å².